The Morgan fingerprint density at radius 2 is 1.84 bits per heavy atom. The minimum Gasteiger partial charge on any atom is -0.353 e. The van der Waals surface area contributed by atoms with E-state index in [9.17, 15) is 9.59 Å². The lowest BCUT2D eigenvalue weighted by molar-refractivity contribution is -0.122. The third kappa shape index (κ3) is 5.22. The molecule has 1 amide bonds. The molecule has 0 aliphatic heterocycles. The molecule has 19 heavy (non-hydrogen) atoms. The summed E-state index contributed by atoms with van der Waals surface area (Å²) in [6.45, 7) is 6.22. The van der Waals surface area contributed by atoms with Crippen LogP contribution in [0, 0.1) is 6.92 Å². The molecule has 0 aromatic heterocycles. The molecule has 1 rings (SSSR count). The highest BCUT2D eigenvalue weighted by Gasteiger charge is 2.13. The number of aryl methyl sites for hydroxylation is 1. The second-order valence-electron chi connectivity index (χ2n) is 5.13. The van der Waals surface area contributed by atoms with E-state index >= 15 is 0 Å². The maximum Gasteiger partial charge on any atom is 0.234 e. The van der Waals surface area contributed by atoms with Gasteiger partial charge < -0.3 is 5.32 Å². The van der Waals surface area contributed by atoms with Gasteiger partial charge in [0.2, 0.25) is 5.91 Å². The fourth-order valence-corrected chi connectivity index (χ4v) is 1.88. The molecule has 0 spiro atoms. The molecule has 4 nitrogen and oxygen atoms in total. The normalized spacial score (nSPS) is 10.8. The van der Waals surface area contributed by atoms with Gasteiger partial charge in [0.1, 0.15) is 0 Å². The van der Waals surface area contributed by atoms with Crippen LogP contribution in [0.15, 0.2) is 24.3 Å². The Morgan fingerprint density at radius 3 is 2.42 bits per heavy atom. The summed E-state index contributed by atoms with van der Waals surface area (Å²) in [5, 5.41) is 2.81. The summed E-state index contributed by atoms with van der Waals surface area (Å²) < 4.78 is 0. The molecule has 0 atom stereocenters. The van der Waals surface area contributed by atoms with Crippen LogP contribution in [0.5, 0.6) is 0 Å². The predicted molar refractivity (Wildman–Crippen MR) is 76.3 cm³/mol. The number of nitrogens with zero attached hydrogens (tertiary/aromatic N) is 1. The molecular formula is C15H22N2O2. The summed E-state index contributed by atoms with van der Waals surface area (Å²) in [4.78, 5) is 25.4. The number of nitrogens with one attached hydrogen (secondary N) is 1. The number of hydrogen-bond acceptors (Lipinski definition) is 3. The minimum absolute atomic E-state index is 0.0398. The Hall–Kier alpha value is -1.68. The first-order valence-corrected chi connectivity index (χ1v) is 6.47. The van der Waals surface area contributed by atoms with Crippen LogP contribution in [0.1, 0.15) is 29.8 Å². The third-order valence-corrected chi connectivity index (χ3v) is 2.72. The molecule has 0 fully saturated rings. The second-order valence-corrected chi connectivity index (χ2v) is 5.13. The molecule has 1 N–H and O–H groups in total. The fraction of sp³-hybridized carbons (Fsp3) is 0.467. The smallest absolute Gasteiger partial charge is 0.234 e. The predicted octanol–water partition coefficient (Wildman–Crippen LogP) is 1.63. The number of ketones is 1. The molecule has 104 valence electrons. The Labute approximate surface area is 114 Å². The lowest BCUT2D eigenvalue weighted by atomic mass is 10.0. The molecule has 0 saturated heterocycles. The second kappa shape index (κ2) is 7.04. The van der Waals surface area contributed by atoms with Gasteiger partial charge in [0.05, 0.1) is 13.1 Å². The lowest BCUT2D eigenvalue weighted by Gasteiger charge is -2.17. The fourth-order valence-electron chi connectivity index (χ4n) is 1.88. The molecule has 0 aliphatic rings. The van der Waals surface area contributed by atoms with E-state index in [0.717, 1.165) is 11.1 Å². The van der Waals surface area contributed by atoms with Gasteiger partial charge in [-0.15, -0.1) is 0 Å². The van der Waals surface area contributed by atoms with E-state index in [1.165, 1.54) is 0 Å². The van der Waals surface area contributed by atoms with Crippen molar-refractivity contribution in [3.63, 3.8) is 0 Å². The van der Waals surface area contributed by atoms with Crippen LogP contribution in [0.2, 0.25) is 0 Å². The van der Waals surface area contributed by atoms with Crippen LogP contribution in [0.25, 0.3) is 0 Å². The van der Waals surface area contributed by atoms with Crippen LogP contribution >= 0.6 is 0 Å². The molecule has 0 aliphatic carbocycles. The molecule has 1 aromatic rings. The van der Waals surface area contributed by atoms with Crippen molar-refractivity contribution in [2.75, 3.05) is 20.1 Å². The number of hydrogen-bond donors (Lipinski definition) is 1. The first kappa shape index (κ1) is 15.4. The number of benzene rings is 1. The van der Waals surface area contributed by atoms with Gasteiger partial charge in [-0.1, -0.05) is 24.3 Å². The minimum atomic E-state index is -0.0601. The number of Topliss-reactive ketones (excluding diaryl/α,β-unsaturated/α-hetero) is 1. The molecule has 0 saturated carbocycles. The Bertz CT molecular complexity index is 455. The van der Waals surface area contributed by atoms with E-state index in [1.807, 2.05) is 45.0 Å². The van der Waals surface area contributed by atoms with Crippen molar-refractivity contribution in [3.05, 3.63) is 35.4 Å². The van der Waals surface area contributed by atoms with E-state index in [4.69, 9.17) is 0 Å². The third-order valence-electron chi connectivity index (χ3n) is 2.72. The van der Waals surface area contributed by atoms with E-state index in [1.54, 1.807) is 11.9 Å². The van der Waals surface area contributed by atoms with E-state index in [-0.39, 0.29) is 30.8 Å². The Kier molecular flexibility index (Phi) is 5.70. The average Bonchev–Trinajstić information content (AvgIpc) is 2.27. The maximum atomic E-state index is 12.1. The van der Waals surface area contributed by atoms with Crippen LogP contribution in [-0.2, 0) is 4.79 Å². The molecule has 0 heterocycles. The van der Waals surface area contributed by atoms with Crippen molar-refractivity contribution in [1.82, 2.24) is 10.2 Å². The van der Waals surface area contributed by atoms with Gasteiger partial charge in [0, 0.05) is 11.6 Å². The number of rotatable bonds is 6. The highest BCUT2D eigenvalue weighted by atomic mass is 16.2. The van der Waals surface area contributed by atoms with Gasteiger partial charge in [-0.25, -0.2) is 0 Å². The Balaban J connectivity index is 2.53. The Morgan fingerprint density at radius 1 is 1.21 bits per heavy atom. The monoisotopic (exact) mass is 262 g/mol. The van der Waals surface area contributed by atoms with Crippen molar-refractivity contribution in [2.45, 2.75) is 26.8 Å². The topological polar surface area (TPSA) is 49.4 Å². The number of amides is 1. The van der Waals surface area contributed by atoms with Crippen molar-refractivity contribution in [2.24, 2.45) is 0 Å². The number of likely N-dealkylation sites (N-methyl/N-ethyl adjacent to an activating group) is 1. The zero-order chi connectivity index (χ0) is 14.4. The van der Waals surface area contributed by atoms with E-state index < -0.39 is 0 Å². The largest absolute Gasteiger partial charge is 0.353 e. The first-order valence-electron chi connectivity index (χ1n) is 6.47. The molecular weight excluding hydrogens is 240 g/mol. The molecule has 0 radical (unpaired) electrons. The van der Waals surface area contributed by atoms with Crippen LogP contribution < -0.4 is 5.32 Å². The number of carbonyl (C=O) groups excluding carboxylic acids is 2. The molecule has 0 bridgehead atoms. The molecule has 0 unspecified atom stereocenters. The van der Waals surface area contributed by atoms with Crippen LogP contribution in [-0.4, -0.2) is 42.8 Å². The van der Waals surface area contributed by atoms with Crippen LogP contribution in [0.4, 0.5) is 0 Å². The van der Waals surface area contributed by atoms with Crippen molar-refractivity contribution in [1.29, 1.82) is 0 Å². The van der Waals surface area contributed by atoms with E-state index in [0.29, 0.717) is 0 Å². The van der Waals surface area contributed by atoms with Crippen molar-refractivity contribution < 1.29 is 9.59 Å². The molecule has 4 heteroatoms. The van der Waals surface area contributed by atoms with Crippen molar-refractivity contribution in [3.8, 4) is 0 Å². The number of carbonyl (C=O) groups is 2. The quantitative estimate of drug-likeness (QED) is 0.793. The standard InChI is InChI=1S/C15H22N2O2/c1-11(2)16-15(19)10-17(4)9-14(18)13-8-6-5-7-12(13)3/h5-8,11H,9-10H2,1-4H3,(H,16,19). The summed E-state index contributed by atoms with van der Waals surface area (Å²) in [5.41, 5.74) is 1.69. The zero-order valence-electron chi connectivity index (χ0n) is 12.1. The van der Waals surface area contributed by atoms with Crippen LogP contribution in [0.3, 0.4) is 0 Å². The zero-order valence-corrected chi connectivity index (χ0v) is 12.1. The summed E-state index contributed by atoms with van der Waals surface area (Å²) in [7, 11) is 1.77. The lowest BCUT2D eigenvalue weighted by Crippen LogP contribution is -2.40. The maximum absolute atomic E-state index is 12.1. The van der Waals surface area contributed by atoms with Gasteiger partial charge >= 0.3 is 0 Å². The highest BCUT2D eigenvalue weighted by molar-refractivity contribution is 5.99. The summed E-state index contributed by atoms with van der Waals surface area (Å²) in [5.74, 6) is -0.0203. The molecule has 1 aromatic carbocycles. The van der Waals surface area contributed by atoms with E-state index in [2.05, 4.69) is 5.32 Å². The first-order chi connectivity index (χ1) is 8.90. The summed E-state index contributed by atoms with van der Waals surface area (Å²) >= 11 is 0. The van der Waals surface area contributed by atoms with Gasteiger partial charge in [0.15, 0.2) is 5.78 Å². The summed E-state index contributed by atoms with van der Waals surface area (Å²) in [6.07, 6.45) is 0. The van der Waals surface area contributed by atoms with Crippen molar-refractivity contribution >= 4 is 11.7 Å². The van der Waals surface area contributed by atoms with Gasteiger partial charge in [-0.3, -0.25) is 14.5 Å². The van der Waals surface area contributed by atoms with Gasteiger partial charge in [-0.2, -0.15) is 0 Å². The summed E-state index contributed by atoms with van der Waals surface area (Å²) in [6, 6.07) is 7.61. The van der Waals surface area contributed by atoms with Gasteiger partial charge in [-0.05, 0) is 33.4 Å². The highest BCUT2D eigenvalue weighted by Crippen LogP contribution is 2.08. The SMILES string of the molecule is Cc1ccccc1C(=O)CN(C)CC(=O)NC(C)C. The average molecular weight is 262 g/mol. The van der Waals surface area contributed by atoms with Gasteiger partial charge in [0.25, 0.3) is 0 Å².